The summed E-state index contributed by atoms with van der Waals surface area (Å²) in [5, 5.41) is 6.16. The number of aromatic nitrogens is 2. The van der Waals surface area contributed by atoms with Gasteiger partial charge in [0.15, 0.2) is 0 Å². The van der Waals surface area contributed by atoms with Gasteiger partial charge in [-0.15, -0.1) is 0 Å². The van der Waals surface area contributed by atoms with Crippen molar-refractivity contribution < 1.29 is 9.53 Å². The number of nitrogens with zero attached hydrogens (tertiary/aromatic N) is 2. The lowest BCUT2D eigenvalue weighted by Gasteiger charge is -2.10. The molecule has 0 bridgehead atoms. The van der Waals surface area contributed by atoms with Crippen LogP contribution in [0.25, 0.3) is 0 Å². The van der Waals surface area contributed by atoms with Gasteiger partial charge in [0.1, 0.15) is 28.8 Å². The minimum Gasteiger partial charge on any atom is -0.457 e. The van der Waals surface area contributed by atoms with Crippen LogP contribution in [0.1, 0.15) is 29.2 Å². The number of benzene rings is 2. The summed E-state index contributed by atoms with van der Waals surface area (Å²) in [5.74, 6) is 2.51. The van der Waals surface area contributed by atoms with Crippen molar-refractivity contribution in [1.82, 2.24) is 15.3 Å². The van der Waals surface area contributed by atoms with Gasteiger partial charge in [-0.2, -0.15) is 0 Å². The van der Waals surface area contributed by atoms with Crippen LogP contribution in [0.3, 0.4) is 0 Å². The number of anilines is 2. The fourth-order valence-electron chi connectivity index (χ4n) is 2.61. The predicted octanol–water partition coefficient (Wildman–Crippen LogP) is 4.21. The molecule has 0 atom stereocenters. The maximum Gasteiger partial charge on any atom is 0.270 e. The minimum absolute atomic E-state index is 0.155. The average molecular weight is 360 g/mol. The summed E-state index contributed by atoms with van der Waals surface area (Å²) in [6.45, 7) is 1.77. The number of nitrogens with one attached hydrogen (secondary N) is 2. The Balaban J connectivity index is 1.45. The van der Waals surface area contributed by atoms with Gasteiger partial charge in [-0.25, -0.2) is 9.97 Å². The zero-order valence-corrected chi connectivity index (χ0v) is 15.0. The van der Waals surface area contributed by atoms with E-state index in [2.05, 4.69) is 20.6 Å². The van der Waals surface area contributed by atoms with Gasteiger partial charge in [0.05, 0.1) is 0 Å². The van der Waals surface area contributed by atoms with E-state index in [1.807, 2.05) is 54.6 Å². The van der Waals surface area contributed by atoms with E-state index >= 15 is 0 Å². The highest BCUT2D eigenvalue weighted by atomic mass is 16.5. The smallest absolute Gasteiger partial charge is 0.270 e. The summed E-state index contributed by atoms with van der Waals surface area (Å²) in [6, 6.07) is 19.1. The lowest BCUT2D eigenvalue weighted by atomic mass is 10.3. The largest absolute Gasteiger partial charge is 0.457 e. The molecule has 0 aliphatic heterocycles. The van der Waals surface area contributed by atoms with Crippen molar-refractivity contribution in [2.75, 3.05) is 5.32 Å². The molecule has 0 saturated heterocycles. The van der Waals surface area contributed by atoms with Crippen molar-refractivity contribution in [3.63, 3.8) is 0 Å². The molecule has 136 valence electrons. The second-order valence-corrected chi connectivity index (χ2v) is 6.50. The molecule has 3 aromatic rings. The molecule has 1 saturated carbocycles. The van der Waals surface area contributed by atoms with Crippen molar-refractivity contribution in [2.45, 2.75) is 25.8 Å². The van der Waals surface area contributed by atoms with E-state index in [1.54, 1.807) is 13.0 Å². The molecule has 1 fully saturated rings. The van der Waals surface area contributed by atoms with Crippen molar-refractivity contribution >= 4 is 17.4 Å². The van der Waals surface area contributed by atoms with E-state index in [-0.39, 0.29) is 5.91 Å². The number of para-hydroxylation sites is 1. The number of carbonyl (C=O) groups excluding carboxylic acids is 1. The summed E-state index contributed by atoms with van der Waals surface area (Å²) in [4.78, 5) is 20.8. The zero-order valence-electron chi connectivity index (χ0n) is 15.0. The van der Waals surface area contributed by atoms with Crippen LogP contribution >= 0.6 is 0 Å². The Morgan fingerprint density at radius 1 is 1.00 bits per heavy atom. The monoisotopic (exact) mass is 360 g/mol. The molecule has 4 rings (SSSR count). The van der Waals surface area contributed by atoms with Crippen LogP contribution in [0, 0.1) is 6.92 Å². The predicted molar refractivity (Wildman–Crippen MR) is 103 cm³/mol. The SMILES string of the molecule is Cc1nc(Nc2ccc(Oc3ccccc3)cc2)cc(C(=O)NC2CC2)n1. The molecule has 1 aliphatic carbocycles. The Bertz CT molecular complexity index is 938. The quantitative estimate of drug-likeness (QED) is 0.688. The van der Waals surface area contributed by atoms with Crippen molar-refractivity contribution in [1.29, 1.82) is 0 Å². The molecule has 1 aliphatic rings. The molecular weight excluding hydrogens is 340 g/mol. The summed E-state index contributed by atoms with van der Waals surface area (Å²) in [5.41, 5.74) is 1.22. The van der Waals surface area contributed by atoms with Crippen LogP contribution < -0.4 is 15.4 Å². The van der Waals surface area contributed by atoms with Crippen LogP contribution in [0.15, 0.2) is 60.7 Å². The number of carbonyl (C=O) groups is 1. The average Bonchev–Trinajstić information content (AvgIpc) is 3.48. The molecule has 0 radical (unpaired) electrons. The molecular formula is C21H20N4O2. The van der Waals surface area contributed by atoms with E-state index in [0.717, 1.165) is 30.0 Å². The number of amides is 1. The second-order valence-electron chi connectivity index (χ2n) is 6.50. The highest BCUT2D eigenvalue weighted by molar-refractivity contribution is 5.93. The van der Waals surface area contributed by atoms with E-state index in [1.165, 1.54) is 0 Å². The molecule has 0 unspecified atom stereocenters. The Kier molecular flexibility index (Phi) is 4.70. The molecule has 6 heteroatoms. The first-order valence-corrected chi connectivity index (χ1v) is 8.92. The lowest BCUT2D eigenvalue weighted by molar-refractivity contribution is 0.0945. The number of rotatable bonds is 6. The molecule has 6 nitrogen and oxygen atoms in total. The standard InChI is InChI=1S/C21H20N4O2/c1-14-22-19(21(26)25-16-7-8-16)13-20(23-14)24-15-9-11-18(12-10-15)27-17-5-3-2-4-6-17/h2-6,9-13,16H,7-8H2,1H3,(H,25,26)(H,22,23,24). The second kappa shape index (κ2) is 7.45. The molecule has 0 spiro atoms. The van der Waals surface area contributed by atoms with Gasteiger partial charge < -0.3 is 15.4 Å². The number of aryl methyl sites for hydroxylation is 1. The van der Waals surface area contributed by atoms with Gasteiger partial charge in [-0.05, 0) is 56.2 Å². The van der Waals surface area contributed by atoms with Gasteiger partial charge in [0.25, 0.3) is 5.91 Å². The zero-order chi connectivity index (χ0) is 18.6. The van der Waals surface area contributed by atoms with E-state index in [9.17, 15) is 4.79 Å². The van der Waals surface area contributed by atoms with Crippen molar-refractivity contribution in [3.05, 3.63) is 72.2 Å². The first kappa shape index (κ1) is 17.0. The van der Waals surface area contributed by atoms with Gasteiger partial charge in [0, 0.05) is 17.8 Å². The highest BCUT2D eigenvalue weighted by Crippen LogP contribution is 2.24. The van der Waals surface area contributed by atoms with Crippen LogP contribution in [-0.4, -0.2) is 21.9 Å². The van der Waals surface area contributed by atoms with Gasteiger partial charge in [0.2, 0.25) is 0 Å². The van der Waals surface area contributed by atoms with Crippen molar-refractivity contribution in [3.8, 4) is 11.5 Å². The lowest BCUT2D eigenvalue weighted by Crippen LogP contribution is -2.26. The highest BCUT2D eigenvalue weighted by Gasteiger charge is 2.24. The number of hydrogen-bond donors (Lipinski definition) is 2. The first-order chi connectivity index (χ1) is 13.2. The molecule has 2 N–H and O–H groups in total. The number of ether oxygens (including phenoxy) is 1. The van der Waals surface area contributed by atoms with Gasteiger partial charge >= 0.3 is 0 Å². The Morgan fingerprint density at radius 3 is 2.41 bits per heavy atom. The molecule has 27 heavy (non-hydrogen) atoms. The van der Waals surface area contributed by atoms with E-state index < -0.39 is 0 Å². The van der Waals surface area contributed by atoms with Crippen LogP contribution in [0.4, 0.5) is 11.5 Å². The topological polar surface area (TPSA) is 76.1 Å². The third-order valence-corrected chi connectivity index (χ3v) is 4.09. The third-order valence-electron chi connectivity index (χ3n) is 4.09. The fourth-order valence-corrected chi connectivity index (χ4v) is 2.61. The molecule has 1 heterocycles. The summed E-state index contributed by atoms with van der Waals surface area (Å²) in [7, 11) is 0. The van der Waals surface area contributed by atoms with Crippen LogP contribution in [0.5, 0.6) is 11.5 Å². The molecule has 1 amide bonds. The van der Waals surface area contributed by atoms with Crippen LogP contribution in [-0.2, 0) is 0 Å². The summed E-state index contributed by atoms with van der Waals surface area (Å²) >= 11 is 0. The van der Waals surface area contributed by atoms with E-state index in [0.29, 0.717) is 23.4 Å². The Labute approximate surface area is 157 Å². The van der Waals surface area contributed by atoms with Crippen LogP contribution in [0.2, 0.25) is 0 Å². The molecule has 2 aromatic carbocycles. The van der Waals surface area contributed by atoms with E-state index in [4.69, 9.17) is 4.74 Å². The fraction of sp³-hybridized carbons (Fsp3) is 0.190. The Hall–Kier alpha value is -3.41. The van der Waals surface area contributed by atoms with Gasteiger partial charge in [-0.1, -0.05) is 18.2 Å². The minimum atomic E-state index is -0.155. The normalized spacial score (nSPS) is 13.1. The summed E-state index contributed by atoms with van der Waals surface area (Å²) in [6.07, 6.45) is 2.08. The Morgan fingerprint density at radius 2 is 1.70 bits per heavy atom. The maximum atomic E-state index is 12.2. The summed E-state index contributed by atoms with van der Waals surface area (Å²) < 4.78 is 5.79. The molecule has 1 aromatic heterocycles. The maximum absolute atomic E-state index is 12.2. The first-order valence-electron chi connectivity index (χ1n) is 8.92. The number of hydrogen-bond acceptors (Lipinski definition) is 5. The van der Waals surface area contributed by atoms with Crippen molar-refractivity contribution in [2.24, 2.45) is 0 Å². The van der Waals surface area contributed by atoms with Gasteiger partial charge in [-0.3, -0.25) is 4.79 Å². The third kappa shape index (κ3) is 4.61.